The highest BCUT2D eigenvalue weighted by Crippen LogP contribution is 2.30. The molecule has 5 nitrogen and oxygen atoms in total. The molecule has 0 unspecified atom stereocenters. The van der Waals surface area contributed by atoms with Crippen LogP contribution in [0, 0.1) is 0 Å². The van der Waals surface area contributed by atoms with E-state index in [4.69, 9.17) is 4.74 Å². The summed E-state index contributed by atoms with van der Waals surface area (Å²) >= 11 is 1.57. The molecule has 98 valence electrons. The number of thiazole rings is 1. The summed E-state index contributed by atoms with van der Waals surface area (Å²) in [7, 11) is 5.25. The van der Waals surface area contributed by atoms with E-state index < -0.39 is 0 Å². The molecule has 6 heteroatoms. The van der Waals surface area contributed by atoms with Crippen LogP contribution in [0.1, 0.15) is 16.3 Å². The van der Waals surface area contributed by atoms with Crippen LogP contribution in [-0.4, -0.2) is 50.5 Å². The zero-order valence-electron chi connectivity index (χ0n) is 10.8. The number of hydrogen-bond donors (Lipinski definition) is 0. The first-order valence-electron chi connectivity index (χ1n) is 5.74. The van der Waals surface area contributed by atoms with Gasteiger partial charge < -0.3 is 14.5 Å². The average Bonchev–Trinajstić information content (AvgIpc) is 2.79. The van der Waals surface area contributed by atoms with Gasteiger partial charge in [0.25, 0.3) is 0 Å². The molecule has 2 heterocycles. The molecule has 1 aromatic heterocycles. The van der Waals surface area contributed by atoms with E-state index in [1.54, 1.807) is 24.7 Å². The summed E-state index contributed by atoms with van der Waals surface area (Å²) in [6.45, 7) is 2.03. The van der Waals surface area contributed by atoms with Crippen LogP contribution in [0.25, 0.3) is 5.57 Å². The van der Waals surface area contributed by atoms with Crippen LogP contribution in [-0.2, 0) is 4.84 Å². The van der Waals surface area contributed by atoms with Crippen molar-refractivity contribution in [1.29, 1.82) is 0 Å². The van der Waals surface area contributed by atoms with Crippen molar-refractivity contribution >= 4 is 23.1 Å². The Morgan fingerprint density at radius 2 is 2.33 bits per heavy atom. The van der Waals surface area contributed by atoms with E-state index in [-0.39, 0.29) is 0 Å². The van der Waals surface area contributed by atoms with Gasteiger partial charge in [0, 0.05) is 13.1 Å². The summed E-state index contributed by atoms with van der Waals surface area (Å²) in [5.74, 6) is 0.602. The number of likely N-dealkylation sites (N-methyl/N-ethyl adjacent to an activating group) is 1. The van der Waals surface area contributed by atoms with E-state index in [0.29, 0.717) is 5.88 Å². The summed E-state index contributed by atoms with van der Waals surface area (Å²) < 4.78 is 5.25. The van der Waals surface area contributed by atoms with Gasteiger partial charge in [0.2, 0.25) is 5.88 Å². The average molecular weight is 267 g/mol. The first-order chi connectivity index (χ1) is 8.74. The second kappa shape index (κ2) is 5.97. The molecule has 1 aliphatic heterocycles. The Kier molecular flexibility index (Phi) is 4.33. The largest absolute Gasteiger partial charge is 0.480 e. The lowest BCUT2D eigenvalue weighted by Crippen LogP contribution is -2.24. The van der Waals surface area contributed by atoms with Gasteiger partial charge in [-0.15, -0.1) is 11.3 Å². The summed E-state index contributed by atoms with van der Waals surface area (Å²) in [5.41, 5.74) is 1.25. The molecular weight excluding hydrogens is 250 g/mol. The number of ether oxygens (including phenoxy) is 1. The van der Waals surface area contributed by atoms with E-state index in [9.17, 15) is 0 Å². The molecular formula is C12H17N3O2S. The van der Waals surface area contributed by atoms with Gasteiger partial charge in [-0.25, -0.2) is 4.98 Å². The molecule has 0 radical (unpaired) electrons. The molecule has 1 aromatic rings. The highest BCUT2D eigenvalue weighted by atomic mass is 32.1. The quantitative estimate of drug-likeness (QED) is 0.617. The van der Waals surface area contributed by atoms with Crippen molar-refractivity contribution in [3.63, 3.8) is 0 Å². The fraction of sp³-hybridized carbons (Fsp3) is 0.500. The first-order valence-corrected chi connectivity index (χ1v) is 6.55. The molecule has 18 heavy (non-hydrogen) atoms. The van der Waals surface area contributed by atoms with E-state index in [1.165, 1.54) is 12.7 Å². The van der Waals surface area contributed by atoms with Gasteiger partial charge in [-0.3, -0.25) is 0 Å². The number of hydrogen-bond acceptors (Lipinski definition) is 6. The molecule has 0 atom stereocenters. The molecule has 0 fully saturated rings. The molecule has 0 aromatic carbocycles. The third-order valence-corrected chi connectivity index (χ3v) is 3.75. The Morgan fingerprint density at radius 1 is 1.50 bits per heavy atom. The Bertz CT molecular complexity index is 468. The van der Waals surface area contributed by atoms with E-state index >= 15 is 0 Å². The summed E-state index contributed by atoms with van der Waals surface area (Å²) in [6.07, 6.45) is 4.94. The minimum atomic E-state index is 0.602. The maximum Gasteiger partial charge on any atom is 0.234 e. The second-order valence-electron chi connectivity index (χ2n) is 4.07. The maximum atomic E-state index is 5.25. The monoisotopic (exact) mass is 267 g/mol. The van der Waals surface area contributed by atoms with Crippen LogP contribution < -0.4 is 4.74 Å². The normalized spacial score (nSPS) is 16.9. The van der Waals surface area contributed by atoms with Crippen LogP contribution in [0.2, 0.25) is 0 Å². The highest BCUT2D eigenvalue weighted by molar-refractivity contribution is 7.14. The molecule has 2 rings (SSSR count). The lowest BCUT2D eigenvalue weighted by atomic mass is 10.1. The van der Waals surface area contributed by atoms with Crippen molar-refractivity contribution in [1.82, 2.24) is 9.88 Å². The Labute approximate surface area is 111 Å². The van der Waals surface area contributed by atoms with Crippen LogP contribution >= 0.6 is 11.3 Å². The fourth-order valence-corrected chi connectivity index (χ4v) is 2.76. The SMILES string of the molecule is CON=Cc1sc(C2=CCCN(C)C2)nc1OC. The standard InChI is InChI=1S/C12H17N3O2S/c1-15-6-4-5-9(8-15)12-14-11(16-2)10(18-12)7-13-17-3/h5,7H,4,6,8H2,1-3H3. The van der Waals surface area contributed by atoms with Crippen molar-refractivity contribution in [2.75, 3.05) is 34.4 Å². The summed E-state index contributed by atoms with van der Waals surface area (Å²) in [5, 5.41) is 4.76. The zero-order chi connectivity index (χ0) is 13.0. The lowest BCUT2D eigenvalue weighted by molar-refractivity contribution is 0.215. The fourth-order valence-electron chi connectivity index (χ4n) is 1.83. The van der Waals surface area contributed by atoms with Gasteiger partial charge in [0.05, 0.1) is 13.3 Å². The number of rotatable bonds is 4. The Hall–Kier alpha value is -1.40. The first kappa shape index (κ1) is 13.0. The maximum absolute atomic E-state index is 5.25. The molecule has 0 bridgehead atoms. The van der Waals surface area contributed by atoms with Gasteiger partial charge in [-0.05, 0) is 19.0 Å². The molecule has 0 saturated heterocycles. The van der Waals surface area contributed by atoms with Crippen molar-refractivity contribution in [3.8, 4) is 5.88 Å². The predicted molar refractivity (Wildman–Crippen MR) is 73.4 cm³/mol. The van der Waals surface area contributed by atoms with Crippen molar-refractivity contribution in [2.45, 2.75) is 6.42 Å². The van der Waals surface area contributed by atoms with Gasteiger partial charge >= 0.3 is 0 Å². The summed E-state index contributed by atoms with van der Waals surface area (Å²) in [4.78, 5) is 12.3. The smallest absolute Gasteiger partial charge is 0.234 e. The van der Waals surface area contributed by atoms with Crippen LogP contribution in [0.3, 0.4) is 0 Å². The lowest BCUT2D eigenvalue weighted by Gasteiger charge is -2.21. The topological polar surface area (TPSA) is 47.0 Å². The molecule has 0 amide bonds. The van der Waals surface area contributed by atoms with Gasteiger partial charge in [0.15, 0.2) is 0 Å². The van der Waals surface area contributed by atoms with Gasteiger partial charge in [0.1, 0.15) is 17.0 Å². The summed E-state index contributed by atoms with van der Waals surface area (Å²) in [6, 6.07) is 0. The predicted octanol–water partition coefficient (Wildman–Crippen LogP) is 1.85. The molecule has 0 N–H and O–H groups in total. The highest BCUT2D eigenvalue weighted by Gasteiger charge is 2.17. The Balaban J connectivity index is 2.26. The minimum Gasteiger partial charge on any atom is -0.480 e. The van der Waals surface area contributed by atoms with Crippen molar-refractivity contribution in [3.05, 3.63) is 16.0 Å². The van der Waals surface area contributed by atoms with Crippen LogP contribution in [0.4, 0.5) is 0 Å². The van der Waals surface area contributed by atoms with Crippen LogP contribution in [0.5, 0.6) is 5.88 Å². The molecule has 1 aliphatic rings. The van der Waals surface area contributed by atoms with Crippen molar-refractivity contribution < 1.29 is 9.57 Å². The van der Waals surface area contributed by atoms with E-state index in [1.807, 2.05) is 0 Å². The van der Waals surface area contributed by atoms with Crippen LogP contribution in [0.15, 0.2) is 11.2 Å². The number of nitrogens with zero attached hydrogens (tertiary/aromatic N) is 3. The van der Waals surface area contributed by atoms with Crippen molar-refractivity contribution in [2.24, 2.45) is 5.16 Å². The molecule has 0 aliphatic carbocycles. The van der Waals surface area contributed by atoms with Gasteiger partial charge in [-0.1, -0.05) is 11.2 Å². The third kappa shape index (κ3) is 2.88. The number of oxime groups is 1. The molecule has 0 spiro atoms. The number of methoxy groups -OCH3 is 1. The van der Waals surface area contributed by atoms with E-state index in [2.05, 4.69) is 33.0 Å². The van der Waals surface area contributed by atoms with E-state index in [0.717, 1.165) is 29.4 Å². The Morgan fingerprint density at radius 3 is 3.00 bits per heavy atom. The number of aromatic nitrogens is 1. The van der Waals surface area contributed by atoms with Gasteiger partial charge in [-0.2, -0.15) is 0 Å². The zero-order valence-corrected chi connectivity index (χ0v) is 11.7. The minimum absolute atomic E-state index is 0.602. The third-order valence-electron chi connectivity index (χ3n) is 2.71. The second-order valence-corrected chi connectivity index (χ2v) is 5.10. The molecule has 0 saturated carbocycles.